The molecule has 29 heavy (non-hydrogen) atoms. The number of aromatic amines is 2. The third-order valence-electron chi connectivity index (χ3n) is 4.63. The van der Waals surface area contributed by atoms with Gasteiger partial charge in [0.25, 0.3) is 0 Å². The molecule has 0 spiro atoms. The molecular formula is C22H18N4O2S. The third kappa shape index (κ3) is 3.53. The van der Waals surface area contributed by atoms with Gasteiger partial charge in [0.15, 0.2) is 0 Å². The van der Waals surface area contributed by atoms with Crippen molar-refractivity contribution in [1.82, 2.24) is 19.9 Å². The predicted molar refractivity (Wildman–Crippen MR) is 113 cm³/mol. The van der Waals surface area contributed by atoms with Crippen molar-refractivity contribution in [2.45, 2.75) is 13.0 Å². The molecule has 0 fully saturated rings. The van der Waals surface area contributed by atoms with E-state index in [-0.39, 0.29) is 0 Å². The lowest BCUT2D eigenvalue weighted by Gasteiger charge is -2.07. The first-order chi connectivity index (χ1) is 14.2. The lowest BCUT2D eigenvalue weighted by molar-refractivity contribution is 0.215. The van der Waals surface area contributed by atoms with Gasteiger partial charge >= 0.3 is 0 Å². The molecule has 0 aliphatic rings. The maximum atomic E-state index is 10.5. The lowest BCUT2D eigenvalue weighted by atomic mass is 10.2. The highest BCUT2D eigenvalue weighted by Gasteiger charge is 2.17. The van der Waals surface area contributed by atoms with Crippen LogP contribution in [0.1, 0.15) is 21.7 Å². The number of benzene rings is 2. The van der Waals surface area contributed by atoms with Crippen molar-refractivity contribution in [3.63, 3.8) is 0 Å². The van der Waals surface area contributed by atoms with Crippen LogP contribution in [0.2, 0.25) is 0 Å². The molecule has 0 saturated carbocycles. The topological polar surface area (TPSA) is 86.8 Å². The van der Waals surface area contributed by atoms with Gasteiger partial charge in [-0.05, 0) is 43.3 Å². The molecule has 0 aliphatic carbocycles. The Morgan fingerprint density at radius 3 is 2.79 bits per heavy atom. The van der Waals surface area contributed by atoms with Crippen molar-refractivity contribution in [1.29, 1.82) is 0 Å². The summed E-state index contributed by atoms with van der Waals surface area (Å²) < 4.78 is 6.03. The van der Waals surface area contributed by atoms with E-state index in [4.69, 9.17) is 4.74 Å². The van der Waals surface area contributed by atoms with Gasteiger partial charge in [-0.1, -0.05) is 12.1 Å². The van der Waals surface area contributed by atoms with Crippen molar-refractivity contribution in [2.24, 2.45) is 0 Å². The molecule has 0 radical (unpaired) electrons. The summed E-state index contributed by atoms with van der Waals surface area (Å²) >= 11 is 1.47. The Morgan fingerprint density at radius 1 is 1.03 bits per heavy atom. The van der Waals surface area contributed by atoms with Gasteiger partial charge < -0.3 is 19.8 Å². The molecule has 0 amide bonds. The van der Waals surface area contributed by atoms with Gasteiger partial charge in [0, 0.05) is 33.7 Å². The van der Waals surface area contributed by atoms with Crippen LogP contribution in [0, 0.1) is 6.92 Å². The number of thiazole rings is 1. The number of imidazole rings is 1. The Hall–Kier alpha value is -3.42. The molecule has 5 aromatic rings. The van der Waals surface area contributed by atoms with Gasteiger partial charge in [-0.2, -0.15) is 0 Å². The van der Waals surface area contributed by atoms with Crippen LogP contribution in [0.4, 0.5) is 0 Å². The van der Waals surface area contributed by atoms with Crippen molar-refractivity contribution >= 4 is 22.2 Å². The molecular weight excluding hydrogens is 384 g/mol. The summed E-state index contributed by atoms with van der Waals surface area (Å²) in [5.41, 5.74) is 2.56. The summed E-state index contributed by atoms with van der Waals surface area (Å²) in [5, 5.41) is 12.3. The number of fused-ring (bicyclic) bond motifs is 1. The summed E-state index contributed by atoms with van der Waals surface area (Å²) in [6.45, 7) is 1.96. The van der Waals surface area contributed by atoms with E-state index in [0.29, 0.717) is 22.3 Å². The van der Waals surface area contributed by atoms with Gasteiger partial charge in [0.1, 0.15) is 28.4 Å². The fraction of sp³-hybridized carbons (Fsp3) is 0.0909. The van der Waals surface area contributed by atoms with Crippen LogP contribution in [0.15, 0.2) is 67.1 Å². The van der Waals surface area contributed by atoms with E-state index in [1.807, 2.05) is 61.7 Å². The van der Waals surface area contributed by atoms with Gasteiger partial charge in [0.05, 0.1) is 11.9 Å². The molecule has 0 aliphatic heterocycles. The van der Waals surface area contributed by atoms with E-state index >= 15 is 0 Å². The first-order valence-electron chi connectivity index (χ1n) is 9.16. The Morgan fingerprint density at radius 2 is 1.93 bits per heavy atom. The highest BCUT2D eigenvalue weighted by atomic mass is 32.1. The second-order valence-corrected chi connectivity index (χ2v) is 8.02. The van der Waals surface area contributed by atoms with E-state index < -0.39 is 6.10 Å². The van der Waals surface area contributed by atoms with Gasteiger partial charge in [0.2, 0.25) is 0 Å². The number of aliphatic hydroxyl groups is 1. The van der Waals surface area contributed by atoms with E-state index in [1.54, 1.807) is 12.4 Å². The van der Waals surface area contributed by atoms with E-state index in [1.165, 1.54) is 11.3 Å². The Balaban J connectivity index is 1.39. The number of hydrogen-bond donors (Lipinski definition) is 3. The standard InChI is InChI=1S/C22H18N4O2S/c1-13-11-25-22(29-13)20(27)19-12-24-21(26-19)15-3-2-4-16(10-15)28-17-5-6-18-14(9-17)7-8-23-18/h2-12,20,23,27H,1H3,(H,24,26). The fourth-order valence-electron chi connectivity index (χ4n) is 3.19. The van der Waals surface area contributed by atoms with E-state index in [9.17, 15) is 5.11 Å². The molecule has 3 N–H and O–H groups in total. The molecule has 3 heterocycles. The summed E-state index contributed by atoms with van der Waals surface area (Å²) in [4.78, 5) is 16.1. The van der Waals surface area contributed by atoms with Crippen LogP contribution < -0.4 is 4.74 Å². The maximum Gasteiger partial charge on any atom is 0.147 e. The highest BCUT2D eigenvalue weighted by Crippen LogP contribution is 2.30. The molecule has 1 unspecified atom stereocenters. The quantitative estimate of drug-likeness (QED) is 0.377. The second-order valence-electron chi connectivity index (χ2n) is 6.76. The van der Waals surface area contributed by atoms with Crippen molar-refractivity contribution in [3.8, 4) is 22.9 Å². The Bertz CT molecular complexity index is 1290. The number of nitrogens with one attached hydrogen (secondary N) is 2. The monoisotopic (exact) mass is 402 g/mol. The normalized spacial score (nSPS) is 12.3. The molecule has 5 rings (SSSR count). The number of nitrogens with zero attached hydrogens (tertiary/aromatic N) is 2. The first kappa shape index (κ1) is 17.7. The minimum atomic E-state index is -0.817. The highest BCUT2D eigenvalue weighted by molar-refractivity contribution is 7.11. The summed E-state index contributed by atoms with van der Waals surface area (Å²) in [7, 11) is 0. The zero-order valence-electron chi connectivity index (χ0n) is 15.6. The zero-order valence-corrected chi connectivity index (χ0v) is 16.4. The number of aromatic nitrogens is 4. The average molecular weight is 402 g/mol. The summed E-state index contributed by atoms with van der Waals surface area (Å²) in [6.07, 6.45) is 4.49. The average Bonchev–Trinajstić information content (AvgIpc) is 3.48. The summed E-state index contributed by atoms with van der Waals surface area (Å²) in [5.74, 6) is 2.15. The zero-order chi connectivity index (χ0) is 19.8. The number of aliphatic hydroxyl groups excluding tert-OH is 1. The molecule has 1 atom stereocenters. The molecule has 7 heteroatoms. The fourth-order valence-corrected chi connectivity index (χ4v) is 3.97. The van der Waals surface area contributed by atoms with E-state index in [0.717, 1.165) is 27.1 Å². The Labute approximate surface area is 170 Å². The third-order valence-corrected chi connectivity index (χ3v) is 5.60. The Kier molecular flexibility index (Phi) is 4.38. The maximum absolute atomic E-state index is 10.5. The van der Waals surface area contributed by atoms with Crippen molar-refractivity contribution < 1.29 is 9.84 Å². The molecule has 2 aromatic carbocycles. The van der Waals surface area contributed by atoms with Gasteiger partial charge in [-0.25, -0.2) is 9.97 Å². The van der Waals surface area contributed by atoms with Gasteiger partial charge in [-0.3, -0.25) is 0 Å². The molecule has 6 nitrogen and oxygen atoms in total. The number of hydrogen-bond acceptors (Lipinski definition) is 5. The van der Waals surface area contributed by atoms with Crippen LogP contribution in [-0.2, 0) is 0 Å². The van der Waals surface area contributed by atoms with Crippen molar-refractivity contribution in [2.75, 3.05) is 0 Å². The molecule has 0 bridgehead atoms. The number of aryl methyl sites for hydroxylation is 1. The predicted octanol–water partition coefficient (Wildman–Crippen LogP) is 5.20. The minimum Gasteiger partial charge on any atom is -0.457 e. The lowest BCUT2D eigenvalue weighted by Crippen LogP contribution is -1.99. The van der Waals surface area contributed by atoms with Crippen LogP contribution >= 0.6 is 11.3 Å². The largest absolute Gasteiger partial charge is 0.457 e. The number of rotatable bonds is 5. The second kappa shape index (κ2) is 7.20. The minimum absolute atomic E-state index is 0.610. The SMILES string of the molecule is Cc1cnc(C(O)c2cnc(-c3cccc(Oc4ccc5[nH]ccc5c4)c3)[nH]2)s1. The summed E-state index contributed by atoms with van der Waals surface area (Å²) in [6, 6.07) is 15.6. The van der Waals surface area contributed by atoms with Gasteiger partial charge in [-0.15, -0.1) is 11.3 Å². The smallest absolute Gasteiger partial charge is 0.147 e. The molecule has 144 valence electrons. The van der Waals surface area contributed by atoms with Crippen LogP contribution in [0.3, 0.4) is 0 Å². The van der Waals surface area contributed by atoms with Crippen LogP contribution in [0.25, 0.3) is 22.3 Å². The van der Waals surface area contributed by atoms with Crippen LogP contribution in [-0.4, -0.2) is 25.0 Å². The number of H-pyrrole nitrogens is 2. The molecule has 0 saturated heterocycles. The van der Waals surface area contributed by atoms with Crippen LogP contribution in [0.5, 0.6) is 11.5 Å². The molecule has 3 aromatic heterocycles. The van der Waals surface area contributed by atoms with E-state index in [2.05, 4.69) is 19.9 Å². The first-order valence-corrected chi connectivity index (χ1v) is 9.98. The number of ether oxygens (including phenoxy) is 1. The van der Waals surface area contributed by atoms with Crippen molar-refractivity contribution in [3.05, 3.63) is 82.7 Å².